The van der Waals surface area contributed by atoms with Crippen LogP contribution in [-0.2, 0) is 16.0 Å². The molecule has 2 fully saturated rings. The molecule has 3 atom stereocenters. The van der Waals surface area contributed by atoms with Crippen LogP contribution in [0.3, 0.4) is 0 Å². The van der Waals surface area contributed by atoms with E-state index in [0.717, 1.165) is 24.1 Å². The Hall–Kier alpha value is -2.67. The first-order valence-corrected chi connectivity index (χ1v) is 9.51. The van der Waals surface area contributed by atoms with Gasteiger partial charge in [0.05, 0.1) is 18.0 Å². The zero-order valence-electron chi connectivity index (χ0n) is 15.6. The fraction of sp³-hybridized carbons (Fsp3) is 0.450. The summed E-state index contributed by atoms with van der Waals surface area (Å²) < 4.78 is 1.69. The van der Waals surface area contributed by atoms with Crippen molar-refractivity contribution < 1.29 is 9.59 Å². The Balaban J connectivity index is 1.54. The number of hydrogen-bond donors (Lipinski definition) is 3. The van der Waals surface area contributed by atoms with Crippen LogP contribution in [0.2, 0.25) is 0 Å². The highest BCUT2D eigenvalue weighted by Gasteiger charge is 2.34. The summed E-state index contributed by atoms with van der Waals surface area (Å²) >= 11 is 0. The van der Waals surface area contributed by atoms with Gasteiger partial charge in [-0.05, 0) is 25.3 Å². The summed E-state index contributed by atoms with van der Waals surface area (Å²) in [5.74, 6) is 0.824. The second-order valence-corrected chi connectivity index (χ2v) is 7.54. The normalized spacial score (nSPS) is 25.1. The first kappa shape index (κ1) is 17.7. The van der Waals surface area contributed by atoms with Crippen LogP contribution in [0.4, 0.5) is 5.82 Å². The largest absolute Gasteiger partial charge is 0.322 e. The van der Waals surface area contributed by atoms with Crippen LogP contribution >= 0.6 is 0 Å². The lowest BCUT2D eigenvalue weighted by Gasteiger charge is -2.34. The molecule has 1 aliphatic carbocycles. The van der Waals surface area contributed by atoms with Gasteiger partial charge in [0.15, 0.2) is 6.29 Å². The van der Waals surface area contributed by atoms with Crippen molar-refractivity contribution in [1.82, 2.24) is 20.4 Å². The summed E-state index contributed by atoms with van der Waals surface area (Å²) in [6.45, 7) is 3.87. The molecule has 7 nitrogen and oxygen atoms in total. The Labute approximate surface area is 158 Å². The summed E-state index contributed by atoms with van der Waals surface area (Å²) in [5.41, 5.74) is 1.92. The van der Waals surface area contributed by atoms with Gasteiger partial charge >= 0.3 is 0 Å². The summed E-state index contributed by atoms with van der Waals surface area (Å²) in [6.07, 6.45) is 2.06. The molecule has 27 heavy (non-hydrogen) atoms. The van der Waals surface area contributed by atoms with Crippen molar-refractivity contribution in [2.24, 2.45) is 5.92 Å². The monoisotopic (exact) mass is 367 g/mol. The second-order valence-electron chi connectivity index (χ2n) is 7.54. The molecule has 0 bridgehead atoms. The maximum Gasteiger partial charge on any atom is 0.229 e. The smallest absolute Gasteiger partial charge is 0.229 e. The Morgan fingerprint density at radius 3 is 2.67 bits per heavy atom. The number of carbonyl (C=O) groups is 2. The van der Waals surface area contributed by atoms with Crippen LogP contribution < -0.4 is 16.0 Å². The minimum absolute atomic E-state index is 0.0173. The quantitative estimate of drug-likeness (QED) is 0.756. The number of carbonyl (C=O) groups excluding carboxylic acids is 2. The van der Waals surface area contributed by atoms with E-state index < -0.39 is 6.29 Å². The van der Waals surface area contributed by atoms with Crippen molar-refractivity contribution in [1.29, 1.82) is 0 Å². The van der Waals surface area contributed by atoms with Crippen LogP contribution in [0, 0.1) is 5.92 Å². The Kier molecular flexibility index (Phi) is 4.70. The molecule has 0 radical (unpaired) electrons. The van der Waals surface area contributed by atoms with E-state index in [4.69, 9.17) is 0 Å². The molecule has 1 saturated carbocycles. The molecule has 2 aromatic rings. The molecule has 142 valence electrons. The predicted molar refractivity (Wildman–Crippen MR) is 102 cm³/mol. The van der Waals surface area contributed by atoms with Gasteiger partial charge in [-0.1, -0.05) is 37.3 Å². The standard InChI is InChI=1S/C20H25N5O2/c1-12-13(2)21-20(23-19(12)27)25-17(11-16(24-25)15-8-9-15)22-18(26)10-14-6-4-3-5-7-14/h3-7,11-13,15,20-21H,8-10H2,1-2H3,(H,22,26)(H,23,27). The fourth-order valence-electron chi connectivity index (χ4n) is 3.31. The highest BCUT2D eigenvalue weighted by molar-refractivity contribution is 5.91. The Morgan fingerprint density at radius 1 is 1.26 bits per heavy atom. The number of anilines is 1. The first-order chi connectivity index (χ1) is 13.0. The molecule has 1 saturated heterocycles. The number of hydrogen-bond acceptors (Lipinski definition) is 4. The highest BCUT2D eigenvalue weighted by Crippen LogP contribution is 2.40. The van der Waals surface area contributed by atoms with E-state index in [2.05, 4.69) is 21.0 Å². The van der Waals surface area contributed by atoms with Crippen molar-refractivity contribution in [2.45, 2.75) is 51.4 Å². The average Bonchev–Trinajstić information content (AvgIpc) is 3.41. The van der Waals surface area contributed by atoms with E-state index in [1.807, 2.05) is 50.2 Å². The third kappa shape index (κ3) is 3.88. The van der Waals surface area contributed by atoms with Gasteiger partial charge in [-0.3, -0.25) is 14.9 Å². The van der Waals surface area contributed by atoms with E-state index >= 15 is 0 Å². The van der Waals surface area contributed by atoms with Gasteiger partial charge in [0.2, 0.25) is 11.8 Å². The van der Waals surface area contributed by atoms with Gasteiger partial charge in [0, 0.05) is 18.0 Å². The van der Waals surface area contributed by atoms with Crippen LogP contribution in [-0.4, -0.2) is 27.6 Å². The summed E-state index contributed by atoms with van der Waals surface area (Å²) in [5, 5.41) is 14.0. The average molecular weight is 367 g/mol. The first-order valence-electron chi connectivity index (χ1n) is 9.51. The summed E-state index contributed by atoms with van der Waals surface area (Å²) in [7, 11) is 0. The Morgan fingerprint density at radius 2 is 2.00 bits per heavy atom. The van der Waals surface area contributed by atoms with E-state index in [0.29, 0.717) is 18.2 Å². The SMILES string of the molecule is CC1NC(n2nc(C3CC3)cc2NC(=O)Cc2ccccc2)NC(=O)C1C. The minimum Gasteiger partial charge on any atom is -0.322 e. The van der Waals surface area contributed by atoms with Gasteiger partial charge < -0.3 is 10.6 Å². The topological polar surface area (TPSA) is 88.1 Å². The minimum atomic E-state index is -0.469. The van der Waals surface area contributed by atoms with Gasteiger partial charge in [-0.2, -0.15) is 5.10 Å². The van der Waals surface area contributed by atoms with Crippen molar-refractivity contribution in [3.8, 4) is 0 Å². The number of benzene rings is 1. The van der Waals surface area contributed by atoms with Crippen molar-refractivity contribution in [3.63, 3.8) is 0 Å². The van der Waals surface area contributed by atoms with E-state index in [1.165, 1.54) is 0 Å². The molecule has 2 heterocycles. The van der Waals surface area contributed by atoms with E-state index in [-0.39, 0.29) is 23.8 Å². The van der Waals surface area contributed by atoms with Crippen LogP contribution in [0.25, 0.3) is 0 Å². The second kappa shape index (κ2) is 7.15. The molecule has 1 aliphatic heterocycles. The third-order valence-electron chi connectivity index (χ3n) is 5.33. The number of rotatable bonds is 5. The lowest BCUT2D eigenvalue weighted by atomic mass is 10.0. The molecule has 3 unspecified atom stereocenters. The molecule has 2 aliphatic rings. The molecule has 1 aromatic heterocycles. The van der Waals surface area contributed by atoms with Crippen molar-refractivity contribution in [3.05, 3.63) is 47.7 Å². The number of aromatic nitrogens is 2. The highest BCUT2D eigenvalue weighted by atomic mass is 16.2. The fourth-order valence-corrected chi connectivity index (χ4v) is 3.31. The van der Waals surface area contributed by atoms with Crippen LogP contribution in [0.1, 0.15) is 50.2 Å². The van der Waals surface area contributed by atoms with Gasteiger partial charge in [-0.25, -0.2) is 4.68 Å². The van der Waals surface area contributed by atoms with Crippen LogP contribution in [0.15, 0.2) is 36.4 Å². The van der Waals surface area contributed by atoms with E-state index in [9.17, 15) is 9.59 Å². The van der Waals surface area contributed by atoms with Crippen LogP contribution in [0.5, 0.6) is 0 Å². The molecule has 7 heteroatoms. The lowest BCUT2D eigenvalue weighted by Crippen LogP contribution is -2.57. The van der Waals surface area contributed by atoms with Gasteiger partial charge in [0.1, 0.15) is 5.82 Å². The predicted octanol–water partition coefficient (Wildman–Crippen LogP) is 2.14. The zero-order valence-corrected chi connectivity index (χ0v) is 15.6. The van der Waals surface area contributed by atoms with Gasteiger partial charge in [-0.15, -0.1) is 0 Å². The lowest BCUT2D eigenvalue weighted by molar-refractivity contribution is -0.130. The molecular formula is C20H25N5O2. The Bertz CT molecular complexity index is 843. The van der Waals surface area contributed by atoms with Gasteiger partial charge in [0.25, 0.3) is 0 Å². The summed E-state index contributed by atoms with van der Waals surface area (Å²) in [6, 6.07) is 11.6. The molecule has 4 rings (SSSR count). The molecule has 2 amide bonds. The zero-order chi connectivity index (χ0) is 19.0. The van der Waals surface area contributed by atoms with E-state index in [1.54, 1.807) is 4.68 Å². The molecular weight excluding hydrogens is 342 g/mol. The molecule has 3 N–H and O–H groups in total. The third-order valence-corrected chi connectivity index (χ3v) is 5.33. The number of nitrogens with zero attached hydrogens (tertiary/aromatic N) is 2. The maximum absolute atomic E-state index is 12.5. The van der Waals surface area contributed by atoms with Crippen molar-refractivity contribution >= 4 is 17.6 Å². The maximum atomic E-state index is 12.5. The number of nitrogens with one attached hydrogen (secondary N) is 3. The summed E-state index contributed by atoms with van der Waals surface area (Å²) in [4.78, 5) is 24.8. The molecule has 1 aromatic carbocycles. The van der Waals surface area contributed by atoms with Crippen molar-refractivity contribution in [2.75, 3.05) is 5.32 Å². The molecule has 0 spiro atoms. The number of amides is 2.